The SMILES string of the molecule is CC[C@H]1CCCCN1C(=O)C[C@H](NC(=O)[C@H]1C[C@@H]1c1ccccc1)C(=O)N[C@@H](C)c1nc2c(C)cccc2[nH]1. The molecule has 1 aliphatic carbocycles. The van der Waals surface area contributed by atoms with Crippen LogP contribution in [0.5, 0.6) is 0 Å². The molecule has 39 heavy (non-hydrogen) atoms. The molecule has 5 rings (SSSR count). The molecule has 0 bridgehead atoms. The van der Waals surface area contributed by atoms with Gasteiger partial charge in [0, 0.05) is 18.5 Å². The van der Waals surface area contributed by atoms with Crippen LogP contribution in [0, 0.1) is 12.8 Å². The van der Waals surface area contributed by atoms with Crippen molar-refractivity contribution in [2.75, 3.05) is 6.54 Å². The highest BCUT2D eigenvalue weighted by atomic mass is 16.2. The molecule has 0 unspecified atom stereocenters. The molecule has 3 N–H and O–H groups in total. The molecule has 2 heterocycles. The lowest BCUT2D eigenvalue weighted by molar-refractivity contribution is -0.139. The second-order valence-corrected chi connectivity index (χ2v) is 11.1. The van der Waals surface area contributed by atoms with Crippen LogP contribution in [0.4, 0.5) is 0 Å². The summed E-state index contributed by atoms with van der Waals surface area (Å²) in [4.78, 5) is 50.1. The van der Waals surface area contributed by atoms with E-state index in [2.05, 4.69) is 27.5 Å². The van der Waals surface area contributed by atoms with E-state index >= 15 is 0 Å². The Morgan fingerprint density at radius 1 is 1.08 bits per heavy atom. The first-order chi connectivity index (χ1) is 18.9. The fraction of sp³-hybridized carbons (Fsp3) is 0.484. The number of likely N-dealkylation sites (tertiary alicyclic amines) is 1. The monoisotopic (exact) mass is 529 g/mol. The maximum absolute atomic E-state index is 13.6. The summed E-state index contributed by atoms with van der Waals surface area (Å²) in [5.74, 6) is -0.0263. The van der Waals surface area contributed by atoms with Crippen molar-refractivity contribution < 1.29 is 14.4 Å². The Bertz CT molecular complexity index is 1340. The molecule has 1 aromatic heterocycles. The number of benzene rings is 2. The summed E-state index contributed by atoms with van der Waals surface area (Å²) in [6, 6.07) is 14.7. The summed E-state index contributed by atoms with van der Waals surface area (Å²) in [7, 11) is 0. The quantitative estimate of drug-likeness (QED) is 0.379. The lowest BCUT2D eigenvalue weighted by atomic mass is 9.98. The van der Waals surface area contributed by atoms with Gasteiger partial charge < -0.3 is 20.5 Å². The summed E-state index contributed by atoms with van der Waals surface area (Å²) < 4.78 is 0. The van der Waals surface area contributed by atoms with Crippen LogP contribution >= 0.6 is 0 Å². The van der Waals surface area contributed by atoms with E-state index in [1.807, 2.05) is 67.3 Å². The number of aromatic amines is 1. The number of fused-ring (bicyclic) bond motifs is 1. The second-order valence-electron chi connectivity index (χ2n) is 11.1. The van der Waals surface area contributed by atoms with Crippen LogP contribution in [0.2, 0.25) is 0 Å². The first-order valence-corrected chi connectivity index (χ1v) is 14.3. The Labute approximate surface area is 230 Å². The molecule has 2 aromatic carbocycles. The van der Waals surface area contributed by atoms with Gasteiger partial charge in [-0.05, 0) is 69.1 Å². The van der Waals surface area contributed by atoms with E-state index in [0.29, 0.717) is 12.4 Å². The number of carbonyl (C=O) groups excluding carboxylic acids is 3. The van der Waals surface area contributed by atoms with Crippen LogP contribution in [0.25, 0.3) is 11.0 Å². The second kappa shape index (κ2) is 11.6. The number of amides is 3. The maximum Gasteiger partial charge on any atom is 0.243 e. The molecular formula is C31H39N5O3. The molecule has 1 aliphatic heterocycles. The average Bonchev–Trinajstić information content (AvgIpc) is 3.63. The Hall–Kier alpha value is -3.68. The van der Waals surface area contributed by atoms with Gasteiger partial charge in [-0.2, -0.15) is 0 Å². The predicted molar refractivity (Wildman–Crippen MR) is 151 cm³/mol. The van der Waals surface area contributed by atoms with Crippen molar-refractivity contribution in [1.29, 1.82) is 0 Å². The van der Waals surface area contributed by atoms with E-state index in [1.54, 1.807) is 0 Å². The highest BCUT2D eigenvalue weighted by Gasteiger charge is 2.45. The third kappa shape index (κ3) is 6.00. The van der Waals surface area contributed by atoms with E-state index < -0.39 is 12.1 Å². The van der Waals surface area contributed by atoms with Gasteiger partial charge in [-0.25, -0.2) is 4.98 Å². The smallest absolute Gasteiger partial charge is 0.243 e. The third-order valence-electron chi connectivity index (χ3n) is 8.29. The molecule has 206 valence electrons. The molecule has 2 aliphatic rings. The third-order valence-corrected chi connectivity index (χ3v) is 8.29. The summed E-state index contributed by atoms with van der Waals surface area (Å²) in [5, 5.41) is 5.94. The van der Waals surface area contributed by atoms with Gasteiger partial charge in [0.1, 0.15) is 11.9 Å². The number of para-hydroxylation sites is 1. The van der Waals surface area contributed by atoms with Gasteiger partial charge in [-0.3, -0.25) is 14.4 Å². The molecule has 0 spiro atoms. The van der Waals surface area contributed by atoms with Crippen molar-refractivity contribution in [3.05, 3.63) is 65.5 Å². The lowest BCUT2D eigenvalue weighted by Crippen LogP contribution is -2.52. The number of hydrogen-bond acceptors (Lipinski definition) is 4. The summed E-state index contributed by atoms with van der Waals surface area (Å²) in [6.45, 7) is 6.65. The van der Waals surface area contributed by atoms with Crippen molar-refractivity contribution in [2.45, 2.75) is 83.3 Å². The minimum Gasteiger partial charge on any atom is -0.345 e. The molecule has 5 atom stereocenters. The van der Waals surface area contributed by atoms with Gasteiger partial charge in [0.2, 0.25) is 17.7 Å². The van der Waals surface area contributed by atoms with Crippen LogP contribution in [-0.2, 0) is 14.4 Å². The van der Waals surface area contributed by atoms with Crippen LogP contribution in [0.1, 0.15) is 81.3 Å². The zero-order chi connectivity index (χ0) is 27.5. The molecule has 1 saturated heterocycles. The molecular weight excluding hydrogens is 490 g/mol. The molecule has 1 saturated carbocycles. The minimum atomic E-state index is -0.949. The van der Waals surface area contributed by atoms with Crippen molar-refractivity contribution in [1.82, 2.24) is 25.5 Å². The van der Waals surface area contributed by atoms with E-state index in [9.17, 15) is 14.4 Å². The van der Waals surface area contributed by atoms with Crippen molar-refractivity contribution in [3.8, 4) is 0 Å². The highest BCUT2D eigenvalue weighted by Crippen LogP contribution is 2.47. The number of aryl methyl sites for hydroxylation is 1. The van der Waals surface area contributed by atoms with Crippen molar-refractivity contribution in [3.63, 3.8) is 0 Å². The zero-order valence-electron chi connectivity index (χ0n) is 23.1. The van der Waals surface area contributed by atoms with Gasteiger partial charge in [0.25, 0.3) is 0 Å². The summed E-state index contributed by atoms with van der Waals surface area (Å²) >= 11 is 0. The lowest BCUT2D eigenvalue weighted by Gasteiger charge is -2.36. The van der Waals surface area contributed by atoms with Crippen molar-refractivity contribution in [2.24, 2.45) is 5.92 Å². The Kier molecular flexibility index (Phi) is 8.00. The standard InChI is InChI=1S/C31H39N5O3/c1-4-22-14-8-9-16-36(22)27(37)18-26(34-30(38)24-17-23(24)21-12-6-5-7-13-21)31(39)32-20(3)29-33-25-15-10-11-19(2)28(25)35-29/h5-7,10-13,15,20,22-24,26H,4,8-9,14,16-18H2,1-3H3,(H,32,39)(H,33,35)(H,34,38)/t20-,22-,23+,24-,26-/m0/s1. The Morgan fingerprint density at radius 2 is 1.87 bits per heavy atom. The van der Waals surface area contributed by atoms with E-state index in [4.69, 9.17) is 0 Å². The van der Waals surface area contributed by atoms with E-state index in [1.165, 1.54) is 0 Å². The molecule has 0 radical (unpaired) electrons. The van der Waals surface area contributed by atoms with Gasteiger partial charge in [-0.15, -0.1) is 0 Å². The van der Waals surface area contributed by atoms with Gasteiger partial charge in [0.15, 0.2) is 0 Å². The number of piperidine rings is 1. The number of imidazole rings is 1. The first-order valence-electron chi connectivity index (χ1n) is 14.3. The van der Waals surface area contributed by atoms with Crippen LogP contribution in [0.15, 0.2) is 48.5 Å². The van der Waals surface area contributed by atoms with Gasteiger partial charge >= 0.3 is 0 Å². The maximum atomic E-state index is 13.6. The van der Waals surface area contributed by atoms with Crippen LogP contribution < -0.4 is 10.6 Å². The van der Waals surface area contributed by atoms with Gasteiger partial charge in [0.05, 0.1) is 23.5 Å². The topological polar surface area (TPSA) is 107 Å². The average molecular weight is 530 g/mol. The molecule has 8 heteroatoms. The fourth-order valence-corrected chi connectivity index (χ4v) is 5.87. The van der Waals surface area contributed by atoms with E-state index in [0.717, 1.165) is 54.3 Å². The van der Waals surface area contributed by atoms with Crippen molar-refractivity contribution >= 4 is 28.8 Å². The normalized spacial score (nSPS) is 22.2. The Morgan fingerprint density at radius 3 is 2.62 bits per heavy atom. The van der Waals surface area contributed by atoms with Crippen LogP contribution in [-0.4, -0.2) is 51.2 Å². The van der Waals surface area contributed by atoms with E-state index in [-0.39, 0.29) is 42.0 Å². The number of aromatic nitrogens is 2. The van der Waals surface area contributed by atoms with Crippen LogP contribution in [0.3, 0.4) is 0 Å². The predicted octanol–water partition coefficient (Wildman–Crippen LogP) is 4.52. The number of rotatable bonds is 9. The Balaban J connectivity index is 1.30. The molecule has 8 nitrogen and oxygen atoms in total. The van der Waals surface area contributed by atoms with Gasteiger partial charge in [-0.1, -0.05) is 49.4 Å². The number of carbonyl (C=O) groups is 3. The first kappa shape index (κ1) is 26.9. The summed E-state index contributed by atoms with van der Waals surface area (Å²) in [5.41, 5.74) is 3.95. The molecule has 3 aromatic rings. The molecule has 2 fully saturated rings. The number of nitrogens with zero attached hydrogens (tertiary/aromatic N) is 2. The number of H-pyrrole nitrogens is 1. The number of hydrogen-bond donors (Lipinski definition) is 3. The molecule has 3 amide bonds. The summed E-state index contributed by atoms with van der Waals surface area (Å²) in [6.07, 6.45) is 4.64. The largest absolute Gasteiger partial charge is 0.345 e. The zero-order valence-corrected chi connectivity index (χ0v) is 23.1. The minimum absolute atomic E-state index is 0.0528. The highest BCUT2D eigenvalue weighted by molar-refractivity contribution is 5.93. The fourth-order valence-electron chi connectivity index (χ4n) is 5.87. The number of nitrogens with one attached hydrogen (secondary N) is 3.